The van der Waals surface area contributed by atoms with Crippen LogP contribution in [0, 0.1) is 0 Å². The number of hydrogen-bond acceptors (Lipinski definition) is 7. The molecule has 1 amide bonds. The zero-order valence-electron chi connectivity index (χ0n) is 23.0. The summed E-state index contributed by atoms with van der Waals surface area (Å²) in [5.74, 6) is -0.517. The monoisotopic (exact) mass is 550 g/mol. The van der Waals surface area contributed by atoms with Gasteiger partial charge in [-0.1, -0.05) is 60.7 Å². The minimum absolute atomic E-state index is 0.115. The minimum atomic E-state index is -0.867. The van der Waals surface area contributed by atoms with Crippen molar-refractivity contribution in [2.24, 2.45) is 0 Å². The van der Waals surface area contributed by atoms with Crippen molar-refractivity contribution < 1.29 is 24.2 Å². The zero-order chi connectivity index (χ0) is 28.3. The summed E-state index contributed by atoms with van der Waals surface area (Å²) < 4.78 is 10.5. The number of aromatic nitrogens is 1. The molecule has 7 nitrogen and oxygen atoms in total. The Kier molecular flexibility index (Phi) is 11.3. The first-order valence-corrected chi connectivity index (χ1v) is 14.0. The van der Waals surface area contributed by atoms with Crippen LogP contribution in [0.5, 0.6) is 0 Å². The van der Waals surface area contributed by atoms with E-state index in [0.717, 1.165) is 21.0 Å². The highest BCUT2D eigenvalue weighted by atomic mass is 32.1. The van der Waals surface area contributed by atoms with E-state index in [1.807, 2.05) is 69.3 Å². The van der Waals surface area contributed by atoms with Gasteiger partial charge in [-0.2, -0.15) is 0 Å². The third-order valence-electron chi connectivity index (χ3n) is 5.88. The van der Waals surface area contributed by atoms with Crippen molar-refractivity contribution in [1.29, 1.82) is 0 Å². The maximum absolute atomic E-state index is 12.7. The number of carbonyl (C=O) groups excluding carboxylic acids is 2. The van der Waals surface area contributed by atoms with Gasteiger partial charge in [-0.15, -0.1) is 11.3 Å². The SMILES string of the molecule is CCOC(=O)C=Cc1cnc([C@H](Cc2ccccc2)C[C@H](O)[C@H](Cc2ccccc2)NC(=O)OC(C)(C)C)s1. The molecule has 3 aromatic rings. The van der Waals surface area contributed by atoms with Crippen molar-refractivity contribution in [3.63, 3.8) is 0 Å². The van der Waals surface area contributed by atoms with Gasteiger partial charge < -0.3 is 19.9 Å². The van der Waals surface area contributed by atoms with Gasteiger partial charge in [0.1, 0.15) is 5.60 Å². The van der Waals surface area contributed by atoms with Gasteiger partial charge in [-0.3, -0.25) is 0 Å². The fourth-order valence-corrected chi connectivity index (χ4v) is 5.08. The minimum Gasteiger partial charge on any atom is -0.463 e. The number of amides is 1. The van der Waals surface area contributed by atoms with Crippen LogP contribution in [0.1, 0.15) is 61.0 Å². The fraction of sp³-hybridized carbons (Fsp3) is 0.387. The Labute approximate surface area is 234 Å². The van der Waals surface area contributed by atoms with Crippen LogP contribution in [-0.4, -0.2) is 46.5 Å². The summed E-state index contributed by atoms with van der Waals surface area (Å²) >= 11 is 1.47. The molecule has 0 bridgehead atoms. The van der Waals surface area contributed by atoms with Crippen LogP contribution in [0.25, 0.3) is 6.08 Å². The molecule has 8 heteroatoms. The number of rotatable bonds is 12. The van der Waals surface area contributed by atoms with Crippen molar-refractivity contribution in [2.45, 2.75) is 70.6 Å². The van der Waals surface area contributed by atoms with Crippen molar-refractivity contribution in [2.75, 3.05) is 6.61 Å². The molecule has 3 rings (SSSR count). The molecule has 39 heavy (non-hydrogen) atoms. The van der Waals surface area contributed by atoms with E-state index in [2.05, 4.69) is 22.4 Å². The Morgan fingerprint density at radius 3 is 2.23 bits per heavy atom. The number of esters is 1. The van der Waals surface area contributed by atoms with E-state index in [-0.39, 0.29) is 5.92 Å². The Morgan fingerprint density at radius 2 is 1.64 bits per heavy atom. The molecule has 0 spiro atoms. The summed E-state index contributed by atoms with van der Waals surface area (Å²) in [6.07, 6.45) is 4.86. The molecular weight excluding hydrogens is 512 g/mol. The summed E-state index contributed by atoms with van der Waals surface area (Å²) in [5, 5.41) is 15.2. The van der Waals surface area contributed by atoms with Gasteiger partial charge >= 0.3 is 12.1 Å². The molecule has 2 aromatic carbocycles. The van der Waals surface area contributed by atoms with Crippen LogP contribution >= 0.6 is 11.3 Å². The highest BCUT2D eigenvalue weighted by Gasteiger charge is 2.29. The van der Waals surface area contributed by atoms with E-state index >= 15 is 0 Å². The molecule has 0 aliphatic carbocycles. The van der Waals surface area contributed by atoms with Gasteiger partial charge in [0.05, 0.1) is 23.8 Å². The maximum Gasteiger partial charge on any atom is 0.407 e. The third-order valence-corrected chi connectivity index (χ3v) is 7.00. The molecule has 0 aliphatic heterocycles. The van der Waals surface area contributed by atoms with Gasteiger partial charge in [0, 0.05) is 23.1 Å². The van der Waals surface area contributed by atoms with E-state index in [4.69, 9.17) is 9.47 Å². The predicted octanol–water partition coefficient (Wildman–Crippen LogP) is 5.93. The lowest BCUT2D eigenvalue weighted by atomic mass is 9.89. The molecule has 0 fully saturated rings. The smallest absolute Gasteiger partial charge is 0.407 e. The van der Waals surface area contributed by atoms with E-state index in [0.29, 0.717) is 25.9 Å². The van der Waals surface area contributed by atoms with Crippen LogP contribution < -0.4 is 5.32 Å². The lowest BCUT2D eigenvalue weighted by molar-refractivity contribution is -0.137. The number of alkyl carbamates (subject to hydrolysis) is 1. The molecule has 1 aromatic heterocycles. The van der Waals surface area contributed by atoms with Crippen molar-refractivity contribution >= 4 is 29.5 Å². The van der Waals surface area contributed by atoms with Crippen LogP contribution in [0.15, 0.2) is 72.9 Å². The van der Waals surface area contributed by atoms with Crippen LogP contribution in [0.3, 0.4) is 0 Å². The number of hydrogen-bond donors (Lipinski definition) is 2. The lowest BCUT2D eigenvalue weighted by Gasteiger charge is -2.29. The van der Waals surface area contributed by atoms with Crippen LogP contribution in [0.2, 0.25) is 0 Å². The van der Waals surface area contributed by atoms with Gasteiger partial charge in [0.25, 0.3) is 0 Å². The Hall–Kier alpha value is -3.49. The second-order valence-electron chi connectivity index (χ2n) is 10.3. The number of benzene rings is 2. The number of ether oxygens (including phenoxy) is 2. The molecule has 2 N–H and O–H groups in total. The Bertz CT molecular complexity index is 1200. The molecular formula is C31H38N2O5S. The molecule has 0 radical (unpaired) electrons. The molecule has 0 saturated heterocycles. The molecule has 208 valence electrons. The quantitative estimate of drug-likeness (QED) is 0.214. The van der Waals surface area contributed by atoms with E-state index in [9.17, 15) is 14.7 Å². The molecule has 1 heterocycles. The molecule has 0 unspecified atom stereocenters. The summed E-state index contributed by atoms with van der Waals surface area (Å²) in [5.41, 5.74) is 1.46. The van der Waals surface area contributed by atoms with Crippen molar-refractivity contribution in [3.05, 3.63) is 93.9 Å². The summed E-state index contributed by atoms with van der Waals surface area (Å²) in [6, 6.07) is 19.2. The molecule has 3 atom stereocenters. The second kappa shape index (κ2) is 14.6. The second-order valence-corrected chi connectivity index (χ2v) is 11.4. The molecule has 0 saturated carbocycles. The standard InChI is InChI=1S/C31H38N2O5S/c1-5-37-28(35)17-16-25-21-32-29(39-25)24(18-22-12-8-6-9-13-22)20-27(34)26(19-23-14-10-7-11-15-23)33-30(36)38-31(2,3)4/h6-17,21,24,26-27,34H,5,18-20H2,1-4H3,(H,33,36)/t24-,26+,27+/m1/s1. The zero-order valence-corrected chi connectivity index (χ0v) is 23.8. The summed E-state index contributed by atoms with van der Waals surface area (Å²) in [6.45, 7) is 7.50. The average molecular weight is 551 g/mol. The fourth-order valence-electron chi connectivity index (χ4n) is 4.14. The molecule has 0 aliphatic rings. The van der Waals surface area contributed by atoms with Gasteiger partial charge in [0.15, 0.2) is 0 Å². The number of aliphatic hydroxyl groups excluding tert-OH is 1. The highest BCUT2D eigenvalue weighted by Crippen LogP contribution is 2.31. The lowest BCUT2D eigenvalue weighted by Crippen LogP contribution is -2.47. The number of thiazole rings is 1. The van der Waals surface area contributed by atoms with Gasteiger partial charge in [0.2, 0.25) is 0 Å². The Balaban J connectivity index is 1.83. The van der Waals surface area contributed by atoms with Gasteiger partial charge in [-0.25, -0.2) is 14.6 Å². The van der Waals surface area contributed by atoms with E-state index < -0.39 is 29.8 Å². The largest absolute Gasteiger partial charge is 0.463 e. The first-order valence-electron chi connectivity index (χ1n) is 13.2. The van der Waals surface area contributed by atoms with Crippen molar-refractivity contribution in [3.8, 4) is 0 Å². The number of nitrogens with one attached hydrogen (secondary N) is 1. The van der Waals surface area contributed by atoms with E-state index in [1.165, 1.54) is 17.4 Å². The highest BCUT2D eigenvalue weighted by molar-refractivity contribution is 7.12. The topological polar surface area (TPSA) is 97.8 Å². The van der Waals surface area contributed by atoms with Crippen molar-refractivity contribution in [1.82, 2.24) is 10.3 Å². The van der Waals surface area contributed by atoms with Crippen LogP contribution in [0.4, 0.5) is 4.79 Å². The normalized spacial score (nSPS) is 14.0. The number of nitrogens with zero attached hydrogens (tertiary/aromatic N) is 1. The Morgan fingerprint density at radius 1 is 1.03 bits per heavy atom. The third kappa shape index (κ3) is 10.7. The number of carbonyl (C=O) groups is 2. The number of aliphatic hydroxyl groups is 1. The van der Waals surface area contributed by atoms with Crippen LogP contribution in [-0.2, 0) is 27.1 Å². The predicted molar refractivity (Wildman–Crippen MR) is 155 cm³/mol. The van der Waals surface area contributed by atoms with E-state index in [1.54, 1.807) is 19.2 Å². The summed E-state index contributed by atoms with van der Waals surface area (Å²) in [4.78, 5) is 29.9. The first kappa shape index (κ1) is 30.1. The first-order chi connectivity index (χ1) is 18.6. The maximum atomic E-state index is 12.7. The van der Waals surface area contributed by atoms with Gasteiger partial charge in [-0.05, 0) is 64.2 Å². The average Bonchev–Trinajstić information content (AvgIpc) is 3.36. The summed E-state index contributed by atoms with van der Waals surface area (Å²) in [7, 11) is 0.